The van der Waals surface area contributed by atoms with E-state index in [1.807, 2.05) is 30.9 Å². The molecule has 0 bridgehead atoms. The van der Waals surface area contributed by atoms with Crippen LogP contribution in [0.1, 0.15) is 21.7 Å². The number of hydrogen-bond donors (Lipinski definition) is 0. The van der Waals surface area contributed by atoms with E-state index in [0.717, 1.165) is 11.4 Å². The summed E-state index contributed by atoms with van der Waals surface area (Å²) in [5.41, 5.74) is 2.44. The van der Waals surface area contributed by atoms with Gasteiger partial charge in [0.1, 0.15) is 0 Å². The first-order valence-electron chi connectivity index (χ1n) is 5.50. The molecule has 0 radical (unpaired) electrons. The van der Waals surface area contributed by atoms with Crippen LogP contribution in [0.15, 0.2) is 12.1 Å². The summed E-state index contributed by atoms with van der Waals surface area (Å²) in [5, 5.41) is 0. The van der Waals surface area contributed by atoms with Crippen molar-refractivity contribution >= 4 is 5.91 Å². The number of rotatable bonds is 1. The maximum atomic E-state index is 12.2. The van der Waals surface area contributed by atoms with Crippen molar-refractivity contribution in [1.82, 2.24) is 9.88 Å². The Labute approximate surface area is 95.2 Å². The fraction of sp³-hybridized carbons (Fsp3) is 0.500. The Morgan fingerprint density at radius 1 is 1.31 bits per heavy atom. The van der Waals surface area contributed by atoms with E-state index in [9.17, 15) is 4.79 Å². The standard InChI is InChI=1S/C12H16N2O2/c1-9-3-4-11(10(2)13-9)12(15)14-5-7-16-8-6-14/h3-4H,5-8H2,1-2H3. The molecule has 1 aromatic heterocycles. The number of amides is 1. The molecule has 86 valence electrons. The van der Waals surface area contributed by atoms with Crippen LogP contribution in [0.3, 0.4) is 0 Å². The van der Waals surface area contributed by atoms with E-state index < -0.39 is 0 Å². The number of carbonyl (C=O) groups is 1. The van der Waals surface area contributed by atoms with Crippen LogP contribution in [0.4, 0.5) is 0 Å². The maximum absolute atomic E-state index is 12.2. The zero-order valence-corrected chi connectivity index (χ0v) is 9.69. The van der Waals surface area contributed by atoms with Gasteiger partial charge in [0.15, 0.2) is 0 Å². The van der Waals surface area contributed by atoms with Crippen molar-refractivity contribution in [3.63, 3.8) is 0 Å². The lowest BCUT2D eigenvalue weighted by atomic mass is 10.1. The van der Waals surface area contributed by atoms with Gasteiger partial charge in [0, 0.05) is 18.8 Å². The number of nitrogens with zero attached hydrogens (tertiary/aromatic N) is 2. The summed E-state index contributed by atoms with van der Waals surface area (Å²) in [6, 6.07) is 3.73. The summed E-state index contributed by atoms with van der Waals surface area (Å²) < 4.78 is 5.23. The average molecular weight is 220 g/mol. The quantitative estimate of drug-likeness (QED) is 0.713. The molecule has 4 heteroatoms. The van der Waals surface area contributed by atoms with Crippen molar-refractivity contribution in [2.75, 3.05) is 26.3 Å². The van der Waals surface area contributed by atoms with Gasteiger partial charge in [-0.05, 0) is 26.0 Å². The van der Waals surface area contributed by atoms with Crippen molar-refractivity contribution in [1.29, 1.82) is 0 Å². The molecule has 0 unspecified atom stereocenters. The number of morpholine rings is 1. The van der Waals surface area contributed by atoms with Crippen LogP contribution in [-0.2, 0) is 4.74 Å². The molecule has 0 saturated carbocycles. The van der Waals surface area contributed by atoms with Gasteiger partial charge in [-0.2, -0.15) is 0 Å². The molecule has 0 aliphatic carbocycles. The minimum Gasteiger partial charge on any atom is -0.378 e. The SMILES string of the molecule is Cc1ccc(C(=O)N2CCOCC2)c(C)n1. The van der Waals surface area contributed by atoms with Gasteiger partial charge >= 0.3 is 0 Å². The van der Waals surface area contributed by atoms with Gasteiger partial charge in [0.25, 0.3) is 5.91 Å². The van der Waals surface area contributed by atoms with Crippen LogP contribution in [0.25, 0.3) is 0 Å². The molecule has 1 saturated heterocycles. The fourth-order valence-corrected chi connectivity index (χ4v) is 1.85. The Morgan fingerprint density at radius 3 is 2.62 bits per heavy atom. The molecule has 2 rings (SSSR count). The predicted molar refractivity (Wildman–Crippen MR) is 60.4 cm³/mol. The first kappa shape index (κ1) is 11.1. The molecule has 0 aromatic carbocycles. The summed E-state index contributed by atoms with van der Waals surface area (Å²) in [7, 11) is 0. The van der Waals surface area contributed by atoms with Gasteiger partial charge in [-0.15, -0.1) is 0 Å². The van der Waals surface area contributed by atoms with Crippen LogP contribution in [0.5, 0.6) is 0 Å². The van der Waals surface area contributed by atoms with Crippen LogP contribution < -0.4 is 0 Å². The third-order valence-electron chi connectivity index (χ3n) is 2.75. The third-order valence-corrected chi connectivity index (χ3v) is 2.75. The average Bonchev–Trinajstić information content (AvgIpc) is 2.29. The Kier molecular flexibility index (Phi) is 3.19. The lowest BCUT2D eigenvalue weighted by Gasteiger charge is -2.27. The number of aryl methyl sites for hydroxylation is 2. The minimum absolute atomic E-state index is 0.0632. The second-order valence-electron chi connectivity index (χ2n) is 3.99. The van der Waals surface area contributed by atoms with Crippen LogP contribution in [-0.4, -0.2) is 42.1 Å². The van der Waals surface area contributed by atoms with E-state index >= 15 is 0 Å². The number of pyridine rings is 1. The van der Waals surface area contributed by atoms with Gasteiger partial charge in [-0.3, -0.25) is 9.78 Å². The zero-order valence-electron chi connectivity index (χ0n) is 9.69. The highest BCUT2D eigenvalue weighted by molar-refractivity contribution is 5.95. The van der Waals surface area contributed by atoms with Crippen molar-refractivity contribution in [3.8, 4) is 0 Å². The van der Waals surface area contributed by atoms with Crippen molar-refractivity contribution < 1.29 is 9.53 Å². The summed E-state index contributed by atoms with van der Waals surface area (Å²) in [6.07, 6.45) is 0. The Morgan fingerprint density at radius 2 is 2.00 bits per heavy atom. The van der Waals surface area contributed by atoms with Crippen LogP contribution in [0, 0.1) is 13.8 Å². The van der Waals surface area contributed by atoms with Crippen molar-refractivity contribution in [3.05, 3.63) is 29.1 Å². The molecule has 1 aliphatic rings. The smallest absolute Gasteiger partial charge is 0.255 e. The Hall–Kier alpha value is -1.42. The van der Waals surface area contributed by atoms with Gasteiger partial charge in [0.05, 0.1) is 24.5 Å². The van der Waals surface area contributed by atoms with Crippen molar-refractivity contribution in [2.45, 2.75) is 13.8 Å². The topological polar surface area (TPSA) is 42.4 Å². The summed E-state index contributed by atoms with van der Waals surface area (Å²) in [4.78, 5) is 18.3. The number of hydrogen-bond acceptors (Lipinski definition) is 3. The minimum atomic E-state index is 0.0632. The Balaban J connectivity index is 2.19. The number of aromatic nitrogens is 1. The van der Waals surface area contributed by atoms with E-state index in [1.165, 1.54) is 0 Å². The highest BCUT2D eigenvalue weighted by Crippen LogP contribution is 2.11. The Bertz CT molecular complexity index is 398. The molecule has 1 aliphatic heterocycles. The van der Waals surface area contributed by atoms with Gasteiger partial charge in [0.2, 0.25) is 0 Å². The summed E-state index contributed by atoms with van der Waals surface area (Å²) >= 11 is 0. The highest BCUT2D eigenvalue weighted by Gasteiger charge is 2.20. The first-order valence-corrected chi connectivity index (χ1v) is 5.50. The molecule has 0 N–H and O–H groups in total. The van der Waals surface area contributed by atoms with Crippen molar-refractivity contribution in [2.24, 2.45) is 0 Å². The molecule has 1 aromatic rings. The molecular weight excluding hydrogens is 204 g/mol. The van der Waals surface area contributed by atoms with Crippen LogP contribution in [0.2, 0.25) is 0 Å². The van der Waals surface area contributed by atoms with E-state index in [-0.39, 0.29) is 5.91 Å². The van der Waals surface area contributed by atoms with E-state index in [1.54, 1.807) is 0 Å². The number of ether oxygens (including phenoxy) is 1. The molecule has 1 fully saturated rings. The third kappa shape index (κ3) is 2.22. The normalized spacial score (nSPS) is 16.2. The van der Waals surface area contributed by atoms with E-state index in [0.29, 0.717) is 31.9 Å². The molecule has 0 spiro atoms. The molecule has 4 nitrogen and oxygen atoms in total. The monoisotopic (exact) mass is 220 g/mol. The zero-order chi connectivity index (χ0) is 11.5. The van der Waals surface area contributed by atoms with Gasteiger partial charge < -0.3 is 9.64 Å². The second-order valence-corrected chi connectivity index (χ2v) is 3.99. The molecule has 0 atom stereocenters. The van der Waals surface area contributed by atoms with E-state index in [4.69, 9.17) is 4.74 Å². The predicted octanol–water partition coefficient (Wildman–Crippen LogP) is 1.17. The molecule has 1 amide bonds. The largest absolute Gasteiger partial charge is 0.378 e. The van der Waals surface area contributed by atoms with Gasteiger partial charge in [-0.25, -0.2) is 0 Å². The first-order chi connectivity index (χ1) is 7.68. The second kappa shape index (κ2) is 4.61. The lowest BCUT2D eigenvalue weighted by molar-refractivity contribution is 0.0302. The highest BCUT2D eigenvalue weighted by atomic mass is 16.5. The lowest BCUT2D eigenvalue weighted by Crippen LogP contribution is -2.41. The fourth-order valence-electron chi connectivity index (χ4n) is 1.85. The summed E-state index contributed by atoms with van der Waals surface area (Å²) in [6.45, 7) is 6.41. The van der Waals surface area contributed by atoms with Crippen LogP contribution >= 0.6 is 0 Å². The number of carbonyl (C=O) groups excluding carboxylic acids is 1. The molecular formula is C12H16N2O2. The maximum Gasteiger partial charge on any atom is 0.255 e. The summed E-state index contributed by atoms with van der Waals surface area (Å²) in [5.74, 6) is 0.0632. The van der Waals surface area contributed by atoms with E-state index in [2.05, 4.69) is 4.98 Å². The molecule has 16 heavy (non-hydrogen) atoms. The molecule has 2 heterocycles. The van der Waals surface area contributed by atoms with Gasteiger partial charge in [-0.1, -0.05) is 0 Å².